The van der Waals surface area contributed by atoms with Gasteiger partial charge in [0.1, 0.15) is 0 Å². The van der Waals surface area contributed by atoms with Crippen LogP contribution in [0.4, 0.5) is 4.79 Å². The van der Waals surface area contributed by atoms with E-state index in [1.54, 1.807) is 0 Å². The number of unbranched alkanes of at least 4 members (excludes halogenated alkanes) is 2. The first-order valence-electron chi connectivity index (χ1n) is 3.70. The van der Waals surface area contributed by atoms with E-state index in [9.17, 15) is 4.79 Å². The Morgan fingerprint density at radius 3 is 2.60 bits per heavy atom. The molecule has 0 bridgehead atoms. The molecular formula is C7H12O3. The smallest absolute Gasteiger partial charge is 0.394 e. The van der Waals surface area contributed by atoms with E-state index < -0.39 is 6.16 Å². The zero-order chi connectivity index (χ0) is 7.40. The van der Waals surface area contributed by atoms with E-state index in [0.717, 1.165) is 12.8 Å². The van der Waals surface area contributed by atoms with E-state index >= 15 is 0 Å². The largest absolute Gasteiger partial charge is 0.514 e. The third-order valence-electron chi connectivity index (χ3n) is 1.50. The van der Waals surface area contributed by atoms with Gasteiger partial charge in [0.25, 0.3) is 6.29 Å². The van der Waals surface area contributed by atoms with Gasteiger partial charge >= 0.3 is 6.16 Å². The summed E-state index contributed by atoms with van der Waals surface area (Å²) >= 11 is 0. The van der Waals surface area contributed by atoms with E-state index in [1.165, 1.54) is 12.8 Å². The van der Waals surface area contributed by atoms with Crippen molar-refractivity contribution in [3.63, 3.8) is 0 Å². The fraction of sp³-hybridized carbons (Fsp3) is 0.857. The Kier molecular flexibility index (Phi) is 2.54. The zero-order valence-corrected chi connectivity index (χ0v) is 6.13. The van der Waals surface area contributed by atoms with Crippen LogP contribution in [0.2, 0.25) is 0 Å². The average Bonchev–Trinajstić information content (AvgIpc) is 1.85. The van der Waals surface area contributed by atoms with E-state index in [4.69, 9.17) is 0 Å². The summed E-state index contributed by atoms with van der Waals surface area (Å²) in [5.74, 6) is 0. The highest BCUT2D eigenvalue weighted by molar-refractivity contribution is 5.63. The molecule has 0 spiro atoms. The molecule has 3 nitrogen and oxygen atoms in total. The van der Waals surface area contributed by atoms with Crippen molar-refractivity contribution < 1.29 is 14.3 Å². The van der Waals surface area contributed by atoms with Gasteiger partial charge in [-0.05, 0) is 6.42 Å². The number of carbonyl (C=O) groups is 1. The second-order valence-electron chi connectivity index (χ2n) is 2.41. The molecule has 58 valence electrons. The fourth-order valence-electron chi connectivity index (χ4n) is 0.902. The molecule has 0 radical (unpaired) electrons. The minimum Gasteiger partial charge on any atom is -0.394 e. The van der Waals surface area contributed by atoms with Crippen LogP contribution in [-0.2, 0) is 9.47 Å². The molecule has 0 aromatic heterocycles. The number of rotatable bonds is 4. The third kappa shape index (κ3) is 1.90. The van der Waals surface area contributed by atoms with Gasteiger partial charge in [-0.2, -0.15) is 0 Å². The molecule has 1 heterocycles. The first kappa shape index (κ1) is 7.38. The van der Waals surface area contributed by atoms with Gasteiger partial charge in [-0.25, -0.2) is 4.79 Å². The molecule has 0 unspecified atom stereocenters. The van der Waals surface area contributed by atoms with Crippen LogP contribution in [0.15, 0.2) is 0 Å². The van der Waals surface area contributed by atoms with E-state index in [0.29, 0.717) is 0 Å². The molecule has 1 aliphatic heterocycles. The zero-order valence-electron chi connectivity index (χ0n) is 6.13. The molecule has 1 fully saturated rings. The van der Waals surface area contributed by atoms with Gasteiger partial charge in [-0.1, -0.05) is 19.8 Å². The quantitative estimate of drug-likeness (QED) is 0.447. The highest BCUT2D eigenvalue weighted by Gasteiger charge is 2.28. The van der Waals surface area contributed by atoms with Crippen molar-refractivity contribution in [2.45, 2.75) is 38.9 Å². The molecule has 1 rings (SSSR count). The molecule has 0 atom stereocenters. The van der Waals surface area contributed by atoms with Crippen LogP contribution in [-0.4, -0.2) is 12.4 Å². The first-order chi connectivity index (χ1) is 4.83. The van der Waals surface area contributed by atoms with Gasteiger partial charge in [0, 0.05) is 6.42 Å². The van der Waals surface area contributed by atoms with Crippen molar-refractivity contribution >= 4 is 6.16 Å². The van der Waals surface area contributed by atoms with Crippen LogP contribution >= 0.6 is 0 Å². The fourth-order valence-corrected chi connectivity index (χ4v) is 0.902. The Labute approximate surface area is 60.3 Å². The summed E-state index contributed by atoms with van der Waals surface area (Å²) in [6.07, 6.45) is 3.52. The van der Waals surface area contributed by atoms with Crippen LogP contribution in [0.3, 0.4) is 0 Å². The topological polar surface area (TPSA) is 35.5 Å². The highest BCUT2D eigenvalue weighted by atomic mass is 16.9. The molecular weight excluding hydrogens is 132 g/mol. The summed E-state index contributed by atoms with van der Waals surface area (Å²) < 4.78 is 9.25. The predicted octanol–water partition coefficient (Wildman–Crippen LogP) is 2.06. The lowest BCUT2D eigenvalue weighted by Gasteiger charge is -2.25. The lowest BCUT2D eigenvalue weighted by Crippen LogP contribution is -2.35. The van der Waals surface area contributed by atoms with Gasteiger partial charge in [0.2, 0.25) is 0 Å². The summed E-state index contributed by atoms with van der Waals surface area (Å²) in [5.41, 5.74) is 0. The van der Waals surface area contributed by atoms with Crippen LogP contribution in [0.25, 0.3) is 0 Å². The summed E-state index contributed by atoms with van der Waals surface area (Å²) in [7, 11) is 0. The third-order valence-corrected chi connectivity index (χ3v) is 1.50. The van der Waals surface area contributed by atoms with Gasteiger partial charge in [-0.3, -0.25) is 0 Å². The van der Waals surface area contributed by atoms with Crippen LogP contribution in [0, 0.1) is 0 Å². The highest BCUT2D eigenvalue weighted by Crippen LogP contribution is 2.16. The molecule has 1 aliphatic rings. The Hall–Kier alpha value is -0.730. The van der Waals surface area contributed by atoms with Gasteiger partial charge in [0.05, 0.1) is 0 Å². The van der Waals surface area contributed by atoms with Gasteiger partial charge in [0.15, 0.2) is 0 Å². The maximum atomic E-state index is 10.1. The molecule has 0 aromatic rings. The molecule has 3 heteroatoms. The Balaban J connectivity index is 1.90. The van der Waals surface area contributed by atoms with Gasteiger partial charge in [-0.15, -0.1) is 0 Å². The molecule has 10 heavy (non-hydrogen) atoms. The molecule has 0 amide bonds. The number of hydrogen-bond donors (Lipinski definition) is 0. The second kappa shape index (κ2) is 3.44. The maximum absolute atomic E-state index is 10.1. The predicted molar refractivity (Wildman–Crippen MR) is 35.5 cm³/mol. The number of hydrogen-bond acceptors (Lipinski definition) is 3. The lowest BCUT2D eigenvalue weighted by molar-refractivity contribution is -0.185. The Morgan fingerprint density at radius 1 is 1.40 bits per heavy atom. The van der Waals surface area contributed by atoms with Crippen LogP contribution in [0.1, 0.15) is 32.6 Å². The van der Waals surface area contributed by atoms with Crippen molar-refractivity contribution in [2.75, 3.05) is 0 Å². The Bertz CT molecular complexity index is 114. The van der Waals surface area contributed by atoms with Crippen molar-refractivity contribution in [1.29, 1.82) is 0 Å². The van der Waals surface area contributed by atoms with Crippen LogP contribution < -0.4 is 0 Å². The van der Waals surface area contributed by atoms with Crippen molar-refractivity contribution in [1.82, 2.24) is 0 Å². The molecule has 0 saturated carbocycles. The number of carbonyl (C=O) groups excluding carboxylic acids is 1. The molecule has 1 saturated heterocycles. The second-order valence-corrected chi connectivity index (χ2v) is 2.41. The van der Waals surface area contributed by atoms with Crippen molar-refractivity contribution in [2.24, 2.45) is 0 Å². The Morgan fingerprint density at radius 2 is 2.10 bits per heavy atom. The van der Waals surface area contributed by atoms with Crippen LogP contribution in [0.5, 0.6) is 0 Å². The normalized spacial score (nSPS) is 17.5. The summed E-state index contributed by atoms with van der Waals surface area (Å²) in [6, 6.07) is 0. The van der Waals surface area contributed by atoms with Crippen molar-refractivity contribution in [3.05, 3.63) is 0 Å². The van der Waals surface area contributed by atoms with E-state index in [2.05, 4.69) is 16.4 Å². The SMILES string of the molecule is CCCCCC1OC(=O)O1. The monoisotopic (exact) mass is 144 g/mol. The van der Waals surface area contributed by atoms with E-state index in [1.807, 2.05) is 0 Å². The minimum absolute atomic E-state index is 0.237. The molecule has 0 aliphatic carbocycles. The number of ether oxygens (including phenoxy) is 2. The average molecular weight is 144 g/mol. The maximum Gasteiger partial charge on any atom is 0.514 e. The number of cyclic esters (lactones) is 2. The molecule has 0 N–H and O–H groups in total. The van der Waals surface area contributed by atoms with Crippen molar-refractivity contribution in [3.8, 4) is 0 Å². The summed E-state index contributed by atoms with van der Waals surface area (Å²) in [5, 5.41) is 0. The standard InChI is InChI=1S/C7H12O3/c1-2-3-4-5-6-9-7(8)10-6/h6H,2-5H2,1H3. The summed E-state index contributed by atoms with van der Waals surface area (Å²) in [4.78, 5) is 10.1. The van der Waals surface area contributed by atoms with Gasteiger partial charge < -0.3 is 9.47 Å². The summed E-state index contributed by atoms with van der Waals surface area (Å²) in [6.45, 7) is 2.13. The lowest BCUT2D eigenvalue weighted by atomic mass is 10.2. The van der Waals surface area contributed by atoms with E-state index in [-0.39, 0.29) is 6.29 Å². The molecule has 0 aromatic carbocycles. The minimum atomic E-state index is -0.526. The first-order valence-corrected chi connectivity index (χ1v) is 3.70.